The van der Waals surface area contributed by atoms with E-state index >= 15 is 0 Å². The quantitative estimate of drug-likeness (QED) is 0.473. The van der Waals surface area contributed by atoms with Crippen LogP contribution in [0.25, 0.3) is 0 Å². The van der Waals surface area contributed by atoms with Crippen LogP contribution >= 0.6 is 11.3 Å². The predicted molar refractivity (Wildman–Crippen MR) is 105 cm³/mol. The zero-order valence-electron chi connectivity index (χ0n) is 15.8. The summed E-state index contributed by atoms with van der Waals surface area (Å²) in [5.41, 5.74) is 0. The van der Waals surface area contributed by atoms with Gasteiger partial charge < -0.3 is 20.3 Å². The van der Waals surface area contributed by atoms with Crippen molar-refractivity contribution >= 4 is 17.3 Å². The number of aliphatic imine (C=N–C) groups is 1. The Kier molecular flexibility index (Phi) is 10.7. The third kappa shape index (κ3) is 9.25. The molecule has 24 heavy (non-hydrogen) atoms. The molecule has 1 aromatic heterocycles. The molecule has 5 nitrogen and oxygen atoms in total. The number of rotatable bonds is 11. The van der Waals surface area contributed by atoms with Gasteiger partial charge in [-0.25, -0.2) is 0 Å². The van der Waals surface area contributed by atoms with E-state index in [0.717, 1.165) is 45.0 Å². The van der Waals surface area contributed by atoms with Crippen molar-refractivity contribution in [2.75, 3.05) is 47.4 Å². The smallest absolute Gasteiger partial charge is 0.191 e. The lowest BCUT2D eigenvalue weighted by molar-refractivity contribution is 0.0548. The number of hydrogen-bond donors (Lipinski definition) is 2. The van der Waals surface area contributed by atoms with Crippen LogP contribution in [0.4, 0.5) is 0 Å². The van der Waals surface area contributed by atoms with Gasteiger partial charge in [-0.15, -0.1) is 11.3 Å². The summed E-state index contributed by atoms with van der Waals surface area (Å²) >= 11 is 1.82. The fourth-order valence-corrected chi connectivity index (χ4v) is 3.30. The SMILES string of the molecule is CCOC(CCN(C)C)CNC(=NC)NCC(C)Cc1cccs1. The molecule has 138 valence electrons. The molecule has 1 aromatic rings. The van der Waals surface area contributed by atoms with E-state index in [-0.39, 0.29) is 6.10 Å². The molecule has 0 saturated carbocycles. The Hall–Kier alpha value is -1.11. The third-order valence-electron chi connectivity index (χ3n) is 3.77. The first-order valence-electron chi connectivity index (χ1n) is 8.78. The molecule has 2 atom stereocenters. The molecule has 6 heteroatoms. The van der Waals surface area contributed by atoms with Gasteiger partial charge in [0.1, 0.15) is 0 Å². The Bertz CT molecular complexity index is 448. The average Bonchev–Trinajstić information content (AvgIpc) is 3.05. The van der Waals surface area contributed by atoms with Gasteiger partial charge in [0.15, 0.2) is 5.96 Å². The summed E-state index contributed by atoms with van der Waals surface area (Å²) in [4.78, 5) is 7.94. The number of ether oxygens (including phenoxy) is 1. The summed E-state index contributed by atoms with van der Waals surface area (Å²) in [7, 11) is 5.99. The van der Waals surface area contributed by atoms with E-state index in [0.29, 0.717) is 5.92 Å². The highest BCUT2D eigenvalue weighted by atomic mass is 32.1. The van der Waals surface area contributed by atoms with Crippen molar-refractivity contribution in [1.82, 2.24) is 15.5 Å². The van der Waals surface area contributed by atoms with Crippen molar-refractivity contribution in [3.63, 3.8) is 0 Å². The first-order valence-corrected chi connectivity index (χ1v) is 9.66. The van der Waals surface area contributed by atoms with Gasteiger partial charge in [-0.3, -0.25) is 4.99 Å². The Balaban J connectivity index is 2.31. The van der Waals surface area contributed by atoms with Crippen LogP contribution in [0.15, 0.2) is 22.5 Å². The van der Waals surface area contributed by atoms with Gasteiger partial charge in [0.25, 0.3) is 0 Å². The molecule has 0 aliphatic rings. The van der Waals surface area contributed by atoms with Gasteiger partial charge in [0.05, 0.1) is 6.10 Å². The second-order valence-electron chi connectivity index (χ2n) is 6.39. The van der Waals surface area contributed by atoms with Gasteiger partial charge in [0.2, 0.25) is 0 Å². The number of nitrogens with one attached hydrogen (secondary N) is 2. The summed E-state index contributed by atoms with van der Waals surface area (Å²) in [5.74, 6) is 1.42. The van der Waals surface area contributed by atoms with Gasteiger partial charge in [0, 0.05) is 38.2 Å². The lowest BCUT2D eigenvalue weighted by Crippen LogP contribution is -2.43. The van der Waals surface area contributed by atoms with Gasteiger partial charge >= 0.3 is 0 Å². The average molecular weight is 355 g/mol. The van der Waals surface area contributed by atoms with Crippen molar-refractivity contribution in [2.24, 2.45) is 10.9 Å². The molecule has 1 rings (SSSR count). The maximum Gasteiger partial charge on any atom is 0.191 e. The summed E-state index contributed by atoms with van der Waals surface area (Å²) < 4.78 is 5.81. The van der Waals surface area contributed by atoms with Crippen LogP contribution in [-0.2, 0) is 11.2 Å². The van der Waals surface area contributed by atoms with Crippen LogP contribution in [0.1, 0.15) is 25.1 Å². The summed E-state index contributed by atoms with van der Waals surface area (Å²) in [6, 6.07) is 4.31. The fourth-order valence-electron chi connectivity index (χ4n) is 2.43. The van der Waals surface area contributed by atoms with E-state index in [2.05, 4.69) is 59.1 Å². The minimum Gasteiger partial charge on any atom is -0.377 e. The zero-order valence-corrected chi connectivity index (χ0v) is 16.7. The molecule has 0 aromatic carbocycles. The van der Waals surface area contributed by atoms with Crippen LogP contribution in [-0.4, -0.2) is 64.3 Å². The highest BCUT2D eigenvalue weighted by Crippen LogP contribution is 2.13. The number of guanidine groups is 1. The normalized spacial score (nSPS) is 14.7. The largest absolute Gasteiger partial charge is 0.377 e. The van der Waals surface area contributed by atoms with Crippen LogP contribution in [0.3, 0.4) is 0 Å². The highest BCUT2D eigenvalue weighted by molar-refractivity contribution is 7.09. The molecular formula is C18H34N4OS. The number of thiophene rings is 1. The molecule has 0 spiro atoms. The van der Waals surface area contributed by atoms with Gasteiger partial charge in [-0.1, -0.05) is 13.0 Å². The van der Waals surface area contributed by atoms with Gasteiger partial charge in [-0.05, 0) is 51.2 Å². The second-order valence-corrected chi connectivity index (χ2v) is 7.42. The molecule has 0 fully saturated rings. The Morgan fingerprint density at radius 3 is 2.67 bits per heavy atom. The van der Waals surface area contributed by atoms with E-state index in [4.69, 9.17) is 4.74 Å². The van der Waals surface area contributed by atoms with Crippen LogP contribution in [0.2, 0.25) is 0 Å². The molecule has 0 bridgehead atoms. The van der Waals surface area contributed by atoms with E-state index in [1.165, 1.54) is 4.88 Å². The minimum absolute atomic E-state index is 0.208. The Morgan fingerprint density at radius 1 is 1.33 bits per heavy atom. The monoisotopic (exact) mass is 354 g/mol. The summed E-state index contributed by atoms with van der Waals surface area (Å²) in [6.07, 6.45) is 2.32. The van der Waals surface area contributed by atoms with Crippen LogP contribution < -0.4 is 10.6 Å². The van der Waals surface area contributed by atoms with Crippen molar-refractivity contribution in [3.8, 4) is 0 Å². The fraction of sp³-hybridized carbons (Fsp3) is 0.722. The number of nitrogens with zero attached hydrogens (tertiary/aromatic N) is 2. The maximum atomic E-state index is 5.81. The van der Waals surface area contributed by atoms with Crippen molar-refractivity contribution < 1.29 is 4.74 Å². The number of hydrogen-bond acceptors (Lipinski definition) is 4. The standard InChI is InChI=1S/C18H34N4OS/c1-6-23-16(9-10-22(4)5)14-21-18(19-3)20-13-15(2)12-17-8-7-11-24-17/h7-8,11,15-16H,6,9-10,12-14H2,1-5H3,(H2,19,20,21). The molecule has 0 aliphatic heterocycles. The maximum absolute atomic E-state index is 5.81. The first-order chi connectivity index (χ1) is 11.5. The lowest BCUT2D eigenvalue weighted by atomic mass is 10.1. The highest BCUT2D eigenvalue weighted by Gasteiger charge is 2.11. The van der Waals surface area contributed by atoms with E-state index in [1.54, 1.807) is 0 Å². The predicted octanol–water partition coefficient (Wildman–Crippen LogP) is 2.45. The summed E-state index contributed by atoms with van der Waals surface area (Å²) in [5, 5.41) is 8.95. The second kappa shape index (κ2) is 12.3. The topological polar surface area (TPSA) is 48.9 Å². The van der Waals surface area contributed by atoms with Crippen molar-refractivity contribution in [3.05, 3.63) is 22.4 Å². The van der Waals surface area contributed by atoms with Crippen LogP contribution in [0, 0.1) is 5.92 Å². The Morgan fingerprint density at radius 2 is 2.08 bits per heavy atom. The molecule has 0 saturated heterocycles. The molecule has 1 heterocycles. The molecular weight excluding hydrogens is 320 g/mol. The molecule has 2 unspecified atom stereocenters. The first kappa shape index (κ1) is 20.9. The zero-order chi connectivity index (χ0) is 17.8. The lowest BCUT2D eigenvalue weighted by Gasteiger charge is -2.22. The molecule has 0 aliphatic carbocycles. The minimum atomic E-state index is 0.208. The van der Waals surface area contributed by atoms with Crippen molar-refractivity contribution in [2.45, 2.75) is 32.8 Å². The van der Waals surface area contributed by atoms with E-state index < -0.39 is 0 Å². The third-order valence-corrected chi connectivity index (χ3v) is 4.67. The molecule has 0 amide bonds. The van der Waals surface area contributed by atoms with Gasteiger partial charge in [-0.2, -0.15) is 0 Å². The molecule has 2 N–H and O–H groups in total. The van der Waals surface area contributed by atoms with Crippen molar-refractivity contribution in [1.29, 1.82) is 0 Å². The summed E-state index contributed by atoms with van der Waals surface area (Å²) in [6.45, 7) is 7.76. The molecule has 0 radical (unpaired) electrons. The van der Waals surface area contributed by atoms with Crippen LogP contribution in [0.5, 0.6) is 0 Å². The Labute approximate surface area is 151 Å². The van der Waals surface area contributed by atoms with E-state index in [9.17, 15) is 0 Å². The van der Waals surface area contributed by atoms with E-state index in [1.807, 2.05) is 25.3 Å².